The van der Waals surface area contributed by atoms with Crippen molar-refractivity contribution in [2.24, 2.45) is 5.10 Å². The van der Waals surface area contributed by atoms with Crippen molar-refractivity contribution in [1.29, 1.82) is 0 Å². The van der Waals surface area contributed by atoms with E-state index in [1.54, 1.807) is 19.1 Å². The summed E-state index contributed by atoms with van der Waals surface area (Å²) in [5.41, 5.74) is 5.44. The van der Waals surface area contributed by atoms with Gasteiger partial charge in [-0.05, 0) is 65.8 Å². The number of anilines is 1. The molecule has 2 rings (SSSR count). The molecule has 0 saturated carbocycles. The number of amides is 2. The first-order chi connectivity index (χ1) is 12.0. The van der Waals surface area contributed by atoms with E-state index in [4.69, 9.17) is 0 Å². The van der Waals surface area contributed by atoms with Crippen molar-refractivity contribution in [1.82, 2.24) is 5.43 Å². The zero-order valence-electron chi connectivity index (χ0n) is 14.2. The lowest BCUT2D eigenvalue weighted by molar-refractivity contribution is -0.115. The number of halogens is 1. The Balaban J connectivity index is 1.92. The van der Waals surface area contributed by atoms with E-state index in [0.717, 1.165) is 21.2 Å². The number of aryl methyl sites for hydroxylation is 1. The molecule has 0 saturated heterocycles. The molecule has 25 heavy (non-hydrogen) atoms. The first-order valence-electron chi connectivity index (χ1n) is 7.96. The topological polar surface area (TPSA) is 70.6 Å². The fourth-order valence-electron chi connectivity index (χ4n) is 2.26. The van der Waals surface area contributed by atoms with Crippen LogP contribution >= 0.6 is 22.6 Å². The summed E-state index contributed by atoms with van der Waals surface area (Å²) in [7, 11) is 0. The van der Waals surface area contributed by atoms with Crippen LogP contribution in [0.25, 0.3) is 0 Å². The number of para-hydroxylation sites is 1. The second kappa shape index (κ2) is 9.31. The SMILES string of the molecule is CCc1ccccc1NC(=O)CC(C)=NNC(=O)c1cccc(I)c1. The highest BCUT2D eigenvalue weighted by atomic mass is 127. The molecule has 0 aliphatic heterocycles. The van der Waals surface area contributed by atoms with E-state index < -0.39 is 0 Å². The normalized spacial score (nSPS) is 11.1. The molecule has 0 bridgehead atoms. The van der Waals surface area contributed by atoms with Crippen LogP contribution in [0.15, 0.2) is 53.6 Å². The van der Waals surface area contributed by atoms with Crippen molar-refractivity contribution in [3.63, 3.8) is 0 Å². The highest BCUT2D eigenvalue weighted by Gasteiger charge is 2.08. The molecule has 0 atom stereocenters. The molecule has 2 aromatic carbocycles. The van der Waals surface area contributed by atoms with Crippen LogP contribution in [0.1, 0.15) is 36.2 Å². The Morgan fingerprint density at radius 2 is 1.88 bits per heavy atom. The molecule has 0 unspecified atom stereocenters. The predicted octanol–water partition coefficient (Wildman–Crippen LogP) is 3.99. The van der Waals surface area contributed by atoms with Gasteiger partial charge in [0.1, 0.15) is 0 Å². The second-order valence-electron chi connectivity index (χ2n) is 5.53. The lowest BCUT2D eigenvalue weighted by atomic mass is 10.1. The van der Waals surface area contributed by atoms with Crippen LogP contribution < -0.4 is 10.7 Å². The van der Waals surface area contributed by atoms with Gasteiger partial charge in [-0.15, -0.1) is 0 Å². The third-order valence-electron chi connectivity index (χ3n) is 3.52. The number of hydrogen-bond donors (Lipinski definition) is 2. The zero-order chi connectivity index (χ0) is 18.2. The molecule has 2 N–H and O–H groups in total. The number of nitrogens with one attached hydrogen (secondary N) is 2. The Morgan fingerprint density at radius 1 is 1.12 bits per heavy atom. The van der Waals surface area contributed by atoms with Gasteiger partial charge < -0.3 is 5.32 Å². The third kappa shape index (κ3) is 5.97. The Hall–Kier alpha value is -2.22. The van der Waals surface area contributed by atoms with Crippen molar-refractivity contribution in [3.05, 3.63) is 63.2 Å². The van der Waals surface area contributed by atoms with E-state index in [0.29, 0.717) is 11.3 Å². The van der Waals surface area contributed by atoms with Crippen LogP contribution in [0, 0.1) is 3.57 Å². The Morgan fingerprint density at radius 3 is 2.60 bits per heavy atom. The van der Waals surface area contributed by atoms with Crippen molar-refractivity contribution >= 4 is 45.8 Å². The summed E-state index contributed by atoms with van der Waals surface area (Å²) < 4.78 is 0.972. The van der Waals surface area contributed by atoms with Crippen molar-refractivity contribution in [3.8, 4) is 0 Å². The van der Waals surface area contributed by atoms with Gasteiger partial charge in [0.15, 0.2) is 0 Å². The first-order valence-corrected chi connectivity index (χ1v) is 9.04. The minimum absolute atomic E-state index is 0.116. The smallest absolute Gasteiger partial charge is 0.271 e. The molecular formula is C19H20IN3O2. The molecule has 0 aliphatic carbocycles. The van der Waals surface area contributed by atoms with Crippen LogP contribution in [-0.2, 0) is 11.2 Å². The van der Waals surface area contributed by atoms with Gasteiger partial charge in [-0.1, -0.05) is 31.2 Å². The minimum atomic E-state index is -0.297. The maximum atomic E-state index is 12.1. The highest BCUT2D eigenvalue weighted by Crippen LogP contribution is 2.15. The Kier molecular flexibility index (Phi) is 7.12. The lowest BCUT2D eigenvalue weighted by Crippen LogP contribution is -2.21. The van der Waals surface area contributed by atoms with E-state index >= 15 is 0 Å². The number of carbonyl (C=O) groups excluding carboxylic acids is 2. The largest absolute Gasteiger partial charge is 0.326 e. The van der Waals surface area contributed by atoms with Crippen molar-refractivity contribution < 1.29 is 9.59 Å². The molecule has 2 aromatic rings. The van der Waals surface area contributed by atoms with Crippen molar-refractivity contribution in [2.45, 2.75) is 26.7 Å². The van der Waals surface area contributed by atoms with Crippen LogP contribution in [0.4, 0.5) is 5.69 Å². The number of hydrazone groups is 1. The van der Waals surface area contributed by atoms with E-state index in [9.17, 15) is 9.59 Å². The van der Waals surface area contributed by atoms with Gasteiger partial charge in [0.05, 0.1) is 6.42 Å². The number of hydrogen-bond acceptors (Lipinski definition) is 3. The van der Waals surface area contributed by atoms with E-state index in [1.807, 2.05) is 43.3 Å². The van der Waals surface area contributed by atoms with Gasteiger partial charge >= 0.3 is 0 Å². The molecule has 0 fully saturated rings. The number of benzene rings is 2. The van der Waals surface area contributed by atoms with E-state index in [-0.39, 0.29) is 18.2 Å². The molecule has 6 heteroatoms. The highest BCUT2D eigenvalue weighted by molar-refractivity contribution is 14.1. The zero-order valence-corrected chi connectivity index (χ0v) is 16.3. The maximum Gasteiger partial charge on any atom is 0.271 e. The quantitative estimate of drug-likeness (QED) is 0.398. The third-order valence-corrected chi connectivity index (χ3v) is 4.19. The van der Waals surface area contributed by atoms with Crippen LogP contribution in [0.2, 0.25) is 0 Å². The summed E-state index contributed by atoms with van der Waals surface area (Å²) in [6.07, 6.45) is 0.958. The second-order valence-corrected chi connectivity index (χ2v) is 6.78. The van der Waals surface area contributed by atoms with Gasteiger partial charge in [-0.2, -0.15) is 5.10 Å². The molecule has 0 radical (unpaired) electrons. The van der Waals surface area contributed by atoms with Gasteiger partial charge in [0.25, 0.3) is 5.91 Å². The summed E-state index contributed by atoms with van der Waals surface area (Å²) >= 11 is 2.14. The number of carbonyl (C=O) groups is 2. The summed E-state index contributed by atoms with van der Waals surface area (Å²) in [5.74, 6) is -0.458. The average Bonchev–Trinajstić information content (AvgIpc) is 2.60. The van der Waals surface area contributed by atoms with Gasteiger partial charge in [-0.25, -0.2) is 5.43 Å². The van der Waals surface area contributed by atoms with Gasteiger partial charge in [-0.3, -0.25) is 9.59 Å². The monoisotopic (exact) mass is 449 g/mol. The summed E-state index contributed by atoms with van der Waals surface area (Å²) in [6.45, 7) is 3.75. The van der Waals surface area contributed by atoms with E-state index in [1.165, 1.54) is 0 Å². The molecule has 0 aliphatic rings. The van der Waals surface area contributed by atoms with Gasteiger partial charge in [0.2, 0.25) is 5.91 Å². The van der Waals surface area contributed by atoms with Crippen LogP contribution in [0.3, 0.4) is 0 Å². The Bertz CT molecular complexity index is 803. The standard InChI is InChI=1S/C19H20IN3O2/c1-3-14-7-4-5-10-17(14)21-18(24)11-13(2)22-23-19(25)15-8-6-9-16(20)12-15/h4-10,12H,3,11H2,1-2H3,(H,21,24)(H,23,25). The number of nitrogens with zero attached hydrogens (tertiary/aromatic N) is 1. The maximum absolute atomic E-state index is 12.1. The van der Waals surface area contributed by atoms with E-state index in [2.05, 4.69) is 38.4 Å². The molecule has 2 amide bonds. The van der Waals surface area contributed by atoms with Crippen LogP contribution in [-0.4, -0.2) is 17.5 Å². The molecule has 0 spiro atoms. The Labute approximate surface area is 161 Å². The molecule has 130 valence electrons. The number of rotatable bonds is 6. The fraction of sp³-hybridized carbons (Fsp3) is 0.211. The molecule has 0 heterocycles. The van der Waals surface area contributed by atoms with Crippen molar-refractivity contribution in [2.75, 3.05) is 5.32 Å². The predicted molar refractivity (Wildman–Crippen MR) is 109 cm³/mol. The molecular weight excluding hydrogens is 429 g/mol. The minimum Gasteiger partial charge on any atom is -0.326 e. The summed E-state index contributed by atoms with van der Waals surface area (Å²) in [4.78, 5) is 24.2. The lowest BCUT2D eigenvalue weighted by Gasteiger charge is -2.09. The first kappa shape index (κ1) is 19.1. The molecule has 0 aromatic heterocycles. The summed E-state index contributed by atoms with van der Waals surface area (Å²) in [5, 5.41) is 6.89. The van der Waals surface area contributed by atoms with Crippen LogP contribution in [0.5, 0.6) is 0 Å². The molecule has 5 nitrogen and oxygen atoms in total. The average molecular weight is 449 g/mol. The fourth-order valence-corrected chi connectivity index (χ4v) is 2.80. The van der Waals surface area contributed by atoms with Gasteiger partial charge in [0, 0.05) is 20.5 Å². The summed E-state index contributed by atoms with van der Waals surface area (Å²) in [6, 6.07) is 14.9.